The van der Waals surface area contributed by atoms with Gasteiger partial charge in [-0.3, -0.25) is 4.79 Å². The number of hydrogen-bond donors (Lipinski definition) is 2. The Morgan fingerprint density at radius 2 is 1.71 bits per heavy atom. The molecule has 0 saturated carbocycles. The van der Waals surface area contributed by atoms with Crippen LogP contribution in [0.15, 0.2) is 0 Å². The monoisotopic (exact) mass is 322 g/mol. The summed E-state index contributed by atoms with van der Waals surface area (Å²) in [7, 11) is -3.43. The summed E-state index contributed by atoms with van der Waals surface area (Å²) in [6.45, 7) is 11.0. The van der Waals surface area contributed by atoms with E-state index in [1.165, 1.54) is 4.31 Å². The molecule has 0 amide bonds. The van der Waals surface area contributed by atoms with E-state index in [-0.39, 0.29) is 17.8 Å². The molecule has 126 valence electrons. The van der Waals surface area contributed by atoms with Gasteiger partial charge in [0.1, 0.15) is 0 Å². The van der Waals surface area contributed by atoms with Crippen LogP contribution >= 0.6 is 0 Å². The highest BCUT2D eigenvalue weighted by atomic mass is 32.2. The van der Waals surface area contributed by atoms with Crippen molar-refractivity contribution in [2.75, 3.05) is 19.6 Å². The van der Waals surface area contributed by atoms with E-state index in [2.05, 4.69) is 25.5 Å². The Hall–Kier alpha value is -0.660. The molecule has 0 saturated heterocycles. The van der Waals surface area contributed by atoms with Gasteiger partial charge in [0.15, 0.2) is 0 Å². The van der Waals surface area contributed by atoms with Crippen LogP contribution < -0.4 is 4.72 Å². The molecule has 7 heteroatoms. The van der Waals surface area contributed by atoms with Crippen LogP contribution in [-0.4, -0.2) is 43.4 Å². The largest absolute Gasteiger partial charge is 0.481 e. The smallest absolute Gasteiger partial charge is 0.303 e. The van der Waals surface area contributed by atoms with Gasteiger partial charge in [0.05, 0.1) is 0 Å². The molecule has 0 bridgehead atoms. The van der Waals surface area contributed by atoms with Crippen LogP contribution in [0, 0.1) is 11.3 Å². The Morgan fingerprint density at radius 1 is 1.19 bits per heavy atom. The van der Waals surface area contributed by atoms with Crippen molar-refractivity contribution < 1.29 is 18.3 Å². The van der Waals surface area contributed by atoms with Crippen LogP contribution in [0.25, 0.3) is 0 Å². The fourth-order valence-electron chi connectivity index (χ4n) is 2.33. The fourth-order valence-corrected chi connectivity index (χ4v) is 3.56. The van der Waals surface area contributed by atoms with Crippen molar-refractivity contribution in [3.63, 3.8) is 0 Å². The number of hydrogen-bond acceptors (Lipinski definition) is 3. The number of nitrogens with zero attached hydrogens (tertiary/aromatic N) is 1. The minimum atomic E-state index is -3.43. The zero-order valence-corrected chi connectivity index (χ0v) is 14.7. The Kier molecular flexibility index (Phi) is 8.43. The van der Waals surface area contributed by atoms with Crippen molar-refractivity contribution in [3.8, 4) is 0 Å². The van der Waals surface area contributed by atoms with E-state index >= 15 is 0 Å². The Labute approximate surface area is 129 Å². The first-order valence-corrected chi connectivity index (χ1v) is 8.95. The average Bonchev–Trinajstić information content (AvgIpc) is 2.32. The second-order valence-electron chi connectivity index (χ2n) is 6.27. The van der Waals surface area contributed by atoms with Crippen molar-refractivity contribution in [1.82, 2.24) is 9.03 Å². The summed E-state index contributed by atoms with van der Waals surface area (Å²) in [6.07, 6.45) is 1.31. The van der Waals surface area contributed by atoms with E-state index in [1.807, 2.05) is 0 Å². The molecule has 1 unspecified atom stereocenters. The van der Waals surface area contributed by atoms with Gasteiger partial charge in [0.2, 0.25) is 0 Å². The fraction of sp³-hybridized carbons (Fsp3) is 0.929. The normalized spacial score (nSPS) is 14.4. The van der Waals surface area contributed by atoms with Crippen LogP contribution in [-0.2, 0) is 15.0 Å². The number of carboxylic acids is 1. The van der Waals surface area contributed by atoms with Gasteiger partial charge in [-0.2, -0.15) is 12.7 Å². The molecule has 0 aromatic rings. The van der Waals surface area contributed by atoms with Crippen molar-refractivity contribution >= 4 is 16.2 Å². The molecular formula is C14H30N2O4S. The lowest BCUT2D eigenvalue weighted by atomic mass is 9.76. The summed E-state index contributed by atoms with van der Waals surface area (Å²) in [5.41, 5.74) is -0.0455. The van der Waals surface area contributed by atoms with Gasteiger partial charge in [-0.15, -0.1) is 0 Å². The third-order valence-electron chi connectivity index (χ3n) is 3.75. The van der Waals surface area contributed by atoms with E-state index < -0.39 is 16.2 Å². The maximum atomic E-state index is 12.0. The average molecular weight is 322 g/mol. The lowest BCUT2D eigenvalue weighted by Gasteiger charge is -2.31. The molecule has 0 spiro atoms. The Morgan fingerprint density at radius 3 is 2.10 bits per heavy atom. The maximum absolute atomic E-state index is 12.0. The van der Waals surface area contributed by atoms with E-state index in [4.69, 9.17) is 5.11 Å². The van der Waals surface area contributed by atoms with Crippen LogP contribution in [0.4, 0.5) is 0 Å². The standard InChI is InChI=1S/C14H30N2O4S/c1-6-16(7-2)21(19,20)15-11-10-12(14(3,4)5)8-9-13(17)18/h12,15H,6-11H2,1-5H3,(H,17,18). The summed E-state index contributed by atoms with van der Waals surface area (Å²) in [5, 5.41) is 8.80. The summed E-state index contributed by atoms with van der Waals surface area (Å²) >= 11 is 0. The van der Waals surface area contributed by atoms with Gasteiger partial charge in [-0.1, -0.05) is 34.6 Å². The highest BCUT2D eigenvalue weighted by Gasteiger charge is 2.26. The molecule has 0 rings (SSSR count). The molecule has 0 fully saturated rings. The van der Waals surface area contributed by atoms with E-state index in [0.717, 1.165) is 0 Å². The van der Waals surface area contributed by atoms with Crippen molar-refractivity contribution in [3.05, 3.63) is 0 Å². The number of carbonyl (C=O) groups is 1. The summed E-state index contributed by atoms with van der Waals surface area (Å²) in [4.78, 5) is 10.7. The summed E-state index contributed by atoms with van der Waals surface area (Å²) in [6, 6.07) is 0. The second kappa shape index (κ2) is 8.70. The van der Waals surface area contributed by atoms with Crippen molar-refractivity contribution in [2.45, 2.75) is 53.9 Å². The lowest BCUT2D eigenvalue weighted by Crippen LogP contribution is -2.41. The molecule has 0 aromatic heterocycles. The van der Waals surface area contributed by atoms with Crippen LogP contribution in [0.5, 0.6) is 0 Å². The summed E-state index contributed by atoms with van der Waals surface area (Å²) < 4.78 is 28.0. The van der Waals surface area contributed by atoms with Crippen molar-refractivity contribution in [1.29, 1.82) is 0 Å². The zero-order valence-electron chi connectivity index (χ0n) is 13.8. The Balaban J connectivity index is 4.53. The van der Waals surface area contributed by atoms with Crippen LogP contribution in [0.1, 0.15) is 53.9 Å². The van der Waals surface area contributed by atoms with Gasteiger partial charge in [0, 0.05) is 26.1 Å². The number of carboxylic acid groups (broad SMARTS) is 1. The molecular weight excluding hydrogens is 292 g/mol. The van der Waals surface area contributed by atoms with Gasteiger partial charge in [-0.05, 0) is 24.2 Å². The number of nitrogens with one attached hydrogen (secondary N) is 1. The van der Waals surface area contributed by atoms with Gasteiger partial charge < -0.3 is 5.11 Å². The first kappa shape index (κ1) is 20.3. The quantitative estimate of drug-likeness (QED) is 0.644. The highest BCUT2D eigenvalue weighted by molar-refractivity contribution is 7.87. The third-order valence-corrected chi connectivity index (χ3v) is 5.52. The first-order chi connectivity index (χ1) is 9.54. The molecule has 0 radical (unpaired) electrons. The molecule has 0 heterocycles. The van der Waals surface area contributed by atoms with Crippen molar-refractivity contribution in [2.24, 2.45) is 11.3 Å². The van der Waals surface area contributed by atoms with Crippen LogP contribution in [0.2, 0.25) is 0 Å². The summed E-state index contributed by atoms with van der Waals surface area (Å²) in [5.74, 6) is -0.652. The molecule has 0 aliphatic carbocycles. The molecule has 21 heavy (non-hydrogen) atoms. The molecule has 0 aromatic carbocycles. The van der Waals surface area contributed by atoms with Crippen LogP contribution in [0.3, 0.4) is 0 Å². The van der Waals surface area contributed by atoms with E-state index in [1.54, 1.807) is 13.8 Å². The van der Waals surface area contributed by atoms with E-state index in [9.17, 15) is 13.2 Å². The maximum Gasteiger partial charge on any atom is 0.303 e. The SMILES string of the molecule is CCN(CC)S(=O)(=O)NCCC(CCC(=O)O)C(C)(C)C. The first-order valence-electron chi connectivity index (χ1n) is 7.51. The zero-order chi connectivity index (χ0) is 16.7. The predicted molar refractivity (Wildman–Crippen MR) is 84.3 cm³/mol. The van der Waals surface area contributed by atoms with Gasteiger partial charge in [-0.25, -0.2) is 4.72 Å². The molecule has 0 aliphatic heterocycles. The van der Waals surface area contributed by atoms with Gasteiger partial charge in [0.25, 0.3) is 10.2 Å². The van der Waals surface area contributed by atoms with E-state index in [0.29, 0.717) is 32.5 Å². The number of rotatable bonds is 10. The predicted octanol–water partition coefficient (Wildman–Crippen LogP) is 2.08. The Bertz CT molecular complexity index is 411. The molecule has 1 atom stereocenters. The topological polar surface area (TPSA) is 86.7 Å². The third kappa shape index (κ3) is 7.78. The molecule has 2 N–H and O–H groups in total. The number of aliphatic carboxylic acids is 1. The minimum Gasteiger partial charge on any atom is -0.481 e. The minimum absolute atomic E-state index is 0.0455. The second-order valence-corrected chi connectivity index (χ2v) is 8.02. The molecule has 6 nitrogen and oxygen atoms in total. The highest BCUT2D eigenvalue weighted by Crippen LogP contribution is 2.32. The lowest BCUT2D eigenvalue weighted by molar-refractivity contribution is -0.137. The molecule has 0 aliphatic rings. The van der Waals surface area contributed by atoms with Gasteiger partial charge >= 0.3 is 5.97 Å².